The maximum Gasteiger partial charge on any atom is 0.434 e. The molecule has 1 aliphatic heterocycles. The van der Waals surface area contributed by atoms with E-state index in [0.717, 1.165) is 36.2 Å². The normalized spacial score (nSPS) is 22.4. The van der Waals surface area contributed by atoms with Crippen molar-refractivity contribution in [3.8, 4) is 0 Å². The van der Waals surface area contributed by atoms with Gasteiger partial charge >= 0.3 is 6.18 Å². The molecule has 1 unspecified atom stereocenters. The maximum atomic E-state index is 12.5. The SMILES string of the molecule is CCNC(=NCc1nc(C(F)(F)F)cs1)NCC1(C)CCCO1. The zero-order valence-corrected chi connectivity index (χ0v) is 14.0. The Morgan fingerprint density at radius 2 is 2.26 bits per heavy atom. The summed E-state index contributed by atoms with van der Waals surface area (Å²) in [6.45, 7) is 6.08. The van der Waals surface area contributed by atoms with Gasteiger partial charge in [0.15, 0.2) is 11.7 Å². The number of guanidine groups is 1. The molecule has 2 heterocycles. The summed E-state index contributed by atoms with van der Waals surface area (Å²) in [5, 5.41) is 7.59. The van der Waals surface area contributed by atoms with Gasteiger partial charge < -0.3 is 15.4 Å². The number of nitrogens with zero attached hydrogens (tertiary/aromatic N) is 2. The molecule has 1 aromatic rings. The average molecular weight is 350 g/mol. The first-order valence-electron chi connectivity index (χ1n) is 7.50. The van der Waals surface area contributed by atoms with Gasteiger partial charge in [0.25, 0.3) is 0 Å². The summed E-state index contributed by atoms with van der Waals surface area (Å²) in [6, 6.07) is 0. The first-order valence-corrected chi connectivity index (χ1v) is 8.38. The van der Waals surface area contributed by atoms with E-state index in [1.54, 1.807) is 0 Å². The first kappa shape index (κ1) is 18.0. The highest BCUT2D eigenvalue weighted by molar-refractivity contribution is 7.09. The minimum atomic E-state index is -4.41. The van der Waals surface area contributed by atoms with Crippen LogP contribution in [0.2, 0.25) is 0 Å². The molecule has 9 heteroatoms. The van der Waals surface area contributed by atoms with Crippen molar-refractivity contribution in [1.82, 2.24) is 15.6 Å². The van der Waals surface area contributed by atoms with Crippen molar-refractivity contribution in [2.24, 2.45) is 4.99 Å². The van der Waals surface area contributed by atoms with Crippen molar-refractivity contribution in [2.45, 2.75) is 45.0 Å². The van der Waals surface area contributed by atoms with Gasteiger partial charge in [0.1, 0.15) is 5.01 Å². The van der Waals surface area contributed by atoms with Crippen LogP contribution in [-0.2, 0) is 17.5 Å². The summed E-state index contributed by atoms with van der Waals surface area (Å²) in [7, 11) is 0. The lowest BCUT2D eigenvalue weighted by molar-refractivity contribution is -0.140. The first-order chi connectivity index (χ1) is 10.8. The highest BCUT2D eigenvalue weighted by Gasteiger charge is 2.33. The Morgan fingerprint density at radius 3 is 2.83 bits per heavy atom. The van der Waals surface area contributed by atoms with Crippen molar-refractivity contribution in [3.63, 3.8) is 0 Å². The molecule has 130 valence electrons. The number of rotatable bonds is 5. The van der Waals surface area contributed by atoms with Gasteiger partial charge in [-0.3, -0.25) is 0 Å². The maximum absolute atomic E-state index is 12.5. The Balaban J connectivity index is 1.94. The molecule has 0 aromatic carbocycles. The Hall–Kier alpha value is -1.35. The van der Waals surface area contributed by atoms with E-state index >= 15 is 0 Å². The number of ether oxygens (including phenoxy) is 1. The molecule has 1 saturated heterocycles. The van der Waals surface area contributed by atoms with Crippen LogP contribution in [0.1, 0.15) is 37.4 Å². The molecule has 0 spiro atoms. The standard InChI is InChI=1S/C14H21F3N4OS/c1-3-18-12(20-9-13(2)5-4-6-22-13)19-7-11-21-10(8-23-11)14(15,16)17/h8H,3-7,9H2,1-2H3,(H2,18,19,20). The van der Waals surface area contributed by atoms with Crippen molar-refractivity contribution in [2.75, 3.05) is 19.7 Å². The molecule has 23 heavy (non-hydrogen) atoms. The van der Waals surface area contributed by atoms with E-state index in [-0.39, 0.29) is 12.1 Å². The number of thiazole rings is 1. The van der Waals surface area contributed by atoms with E-state index in [4.69, 9.17) is 4.74 Å². The predicted octanol–water partition coefficient (Wildman–Crippen LogP) is 2.79. The molecule has 0 bridgehead atoms. The second-order valence-electron chi connectivity index (χ2n) is 5.57. The third kappa shape index (κ3) is 5.35. The molecule has 0 saturated carbocycles. The molecular formula is C14H21F3N4OS. The molecule has 1 atom stereocenters. The lowest BCUT2D eigenvalue weighted by atomic mass is 10.0. The number of nitrogens with one attached hydrogen (secondary N) is 2. The van der Waals surface area contributed by atoms with Gasteiger partial charge in [0.05, 0.1) is 12.1 Å². The predicted molar refractivity (Wildman–Crippen MR) is 83.5 cm³/mol. The van der Waals surface area contributed by atoms with Crippen LogP contribution in [0.4, 0.5) is 13.2 Å². The fraction of sp³-hybridized carbons (Fsp3) is 0.714. The van der Waals surface area contributed by atoms with E-state index in [2.05, 4.69) is 20.6 Å². The zero-order valence-electron chi connectivity index (χ0n) is 13.2. The quantitative estimate of drug-likeness (QED) is 0.633. The van der Waals surface area contributed by atoms with Gasteiger partial charge in [0.2, 0.25) is 0 Å². The van der Waals surface area contributed by atoms with Gasteiger partial charge in [-0.2, -0.15) is 13.2 Å². The van der Waals surface area contributed by atoms with Crippen LogP contribution in [0.25, 0.3) is 0 Å². The Kier molecular flexibility index (Phi) is 5.85. The summed E-state index contributed by atoms with van der Waals surface area (Å²) in [4.78, 5) is 7.86. The van der Waals surface area contributed by atoms with Crippen LogP contribution in [0, 0.1) is 0 Å². The van der Waals surface area contributed by atoms with Crippen LogP contribution >= 0.6 is 11.3 Å². The molecule has 1 aliphatic rings. The summed E-state index contributed by atoms with van der Waals surface area (Å²) in [5.41, 5.74) is -1.08. The molecule has 0 aliphatic carbocycles. The lowest BCUT2D eigenvalue weighted by Gasteiger charge is -2.24. The van der Waals surface area contributed by atoms with Crippen molar-refractivity contribution < 1.29 is 17.9 Å². The third-order valence-electron chi connectivity index (χ3n) is 3.49. The highest BCUT2D eigenvalue weighted by atomic mass is 32.1. The van der Waals surface area contributed by atoms with E-state index < -0.39 is 11.9 Å². The average Bonchev–Trinajstić information content (AvgIpc) is 3.11. The van der Waals surface area contributed by atoms with Crippen LogP contribution < -0.4 is 10.6 Å². The largest absolute Gasteiger partial charge is 0.434 e. The van der Waals surface area contributed by atoms with Crippen LogP contribution in [-0.4, -0.2) is 36.2 Å². The zero-order chi connectivity index (χ0) is 16.9. The fourth-order valence-electron chi connectivity index (χ4n) is 2.25. The van der Waals surface area contributed by atoms with E-state index in [1.807, 2.05) is 13.8 Å². The summed E-state index contributed by atoms with van der Waals surface area (Å²) in [6.07, 6.45) is -2.40. The number of aromatic nitrogens is 1. The second-order valence-corrected chi connectivity index (χ2v) is 6.52. The number of halogens is 3. The minimum absolute atomic E-state index is 0.105. The minimum Gasteiger partial charge on any atom is -0.373 e. The van der Waals surface area contributed by atoms with Crippen LogP contribution in [0.15, 0.2) is 10.4 Å². The molecule has 2 rings (SSSR count). The smallest absolute Gasteiger partial charge is 0.373 e. The van der Waals surface area contributed by atoms with E-state index in [9.17, 15) is 13.2 Å². The summed E-state index contributed by atoms with van der Waals surface area (Å²) in [5.74, 6) is 0.549. The van der Waals surface area contributed by atoms with E-state index in [1.165, 1.54) is 0 Å². The van der Waals surface area contributed by atoms with Gasteiger partial charge in [-0.05, 0) is 26.7 Å². The van der Waals surface area contributed by atoms with Gasteiger partial charge in [-0.25, -0.2) is 9.98 Å². The molecular weight excluding hydrogens is 329 g/mol. The molecule has 2 N–H and O–H groups in total. The highest BCUT2D eigenvalue weighted by Crippen LogP contribution is 2.30. The number of aliphatic imine (C=N–C) groups is 1. The van der Waals surface area contributed by atoms with E-state index in [0.29, 0.717) is 24.1 Å². The Labute approximate surface area is 137 Å². The topological polar surface area (TPSA) is 58.5 Å². The summed E-state index contributed by atoms with van der Waals surface area (Å²) < 4.78 is 43.3. The Morgan fingerprint density at radius 1 is 1.48 bits per heavy atom. The van der Waals surface area contributed by atoms with Crippen molar-refractivity contribution in [1.29, 1.82) is 0 Å². The van der Waals surface area contributed by atoms with Gasteiger partial charge in [0, 0.05) is 25.1 Å². The number of hydrogen-bond acceptors (Lipinski definition) is 4. The molecule has 5 nitrogen and oxygen atoms in total. The van der Waals surface area contributed by atoms with Crippen molar-refractivity contribution >= 4 is 17.3 Å². The lowest BCUT2D eigenvalue weighted by Crippen LogP contribution is -2.45. The van der Waals surface area contributed by atoms with Crippen molar-refractivity contribution in [3.05, 3.63) is 16.1 Å². The molecule has 0 radical (unpaired) electrons. The number of hydrogen-bond donors (Lipinski definition) is 2. The second kappa shape index (κ2) is 7.48. The molecule has 1 fully saturated rings. The summed E-state index contributed by atoms with van der Waals surface area (Å²) >= 11 is 0.961. The third-order valence-corrected chi connectivity index (χ3v) is 4.32. The van der Waals surface area contributed by atoms with Gasteiger partial charge in [-0.15, -0.1) is 11.3 Å². The van der Waals surface area contributed by atoms with Crippen LogP contribution in [0.5, 0.6) is 0 Å². The number of alkyl halides is 3. The van der Waals surface area contributed by atoms with Crippen LogP contribution in [0.3, 0.4) is 0 Å². The molecule has 1 aromatic heterocycles. The monoisotopic (exact) mass is 350 g/mol. The molecule has 0 amide bonds. The van der Waals surface area contributed by atoms with Gasteiger partial charge in [-0.1, -0.05) is 0 Å². The Bertz CT molecular complexity index is 538. The fourth-order valence-corrected chi connectivity index (χ4v) is 2.97.